The number of anilines is 2. The Kier molecular flexibility index (Phi) is 5.84. The van der Waals surface area contributed by atoms with Crippen molar-refractivity contribution in [1.82, 2.24) is 5.43 Å². The van der Waals surface area contributed by atoms with E-state index < -0.39 is 5.91 Å². The molecule has 0 aliphatic carbocycles. The van der Waals surface area contributed by atoms with Crippen LogP contribution in [0.1, 0.15) is 22.5 Å². The SMILES string of the molecule is NNC(=O)CCC(=O)Nc1ccc(NC(=O)c2cccs2)cc1. The fraction of sp³-hybridized carbons (Fsp3) is 0.133. The summed E-state index contributed by atoms with van der Waals surface area (Å²) in [6, 6.07) is 10.3. The summed E-state index contributed by atoms with van der Waals surface area (Å²) >= 11 is 1.36. The predicted octanol–water partition coefficient (Wildman–Crippen LogP) is 1.71. The predicted molar refractivity (Wildman–Crippen MR) is 88.9 cm³/mol. The highest BCUT2D eigenvalue weighted by Gasteiger charge is 2.08. The van der Waals surface area contributed by atoms with Crippen LogP contribution >= 0.6 is 11.3 Å². The minimum Gasteiger partial charge on any atom is -0.326 e. The highest BCUT2D eigenvalue weighted by atomic mass is 32.1. The molecular formula is C15H16N4O3S. The van der Waals surface area contributed by atoms with Crippen LogP contribution in [0.25, 0.3) is 0 Å². The molecule has 0 unspecified atom stereocenters. The van der Waals surface area contributed by atoms with E-state index in [0.717, 1.165) is 0 Å². The summed E-state index contributed by atoms with van der Waals surface area (Å²) < 4.78 is 0. The number of carbonyl (C=O) groups is 3. The van der Waals surface area contributed by atoms with E-state index in [9.17, 15) is 14.4 Å². The molecule has 1 aromatic carbocycles. The van der Waals surface area contributed by atoms with Crippen LogP contribution < -0.4 is 21.9 Å². The molecular weight excluding hydrogens is 316 g/mol. The van der Waals surface area contributed by atoms with Gasteiger partial charge in [0, 0.05) is 24.2 Å². The number of amides is 3. The molecule has 23 heavy (non-hydrogen) atoms. The number of rotatable bonds is 6. The Labute approximate surface area is 136 Å². The molecule has 0 radical (unpaired) electrons. The molecule has 7 nitrogen and oxygen atoms in total. The number of thiophene rings is 1. The Morgan fingerprint density at radius 2 is 1.52 bits per heavy atom. The van der Waals surface area contributed by atoms with Crippen molar-refractivity contribution in [1.29, 1.82) is 0 Å². The normalized spacial score (nSPS) is 9.96. The van der Waals surface area contributed by atoms with E-state index in [0.29, 0.717) is 16.3 Å². The monoisotopic (exact) mass is 332 g/mol. The first-order chi connectivity index (χ1) is 11.1. The van der Waals surface area contributed by atoms with Crippen molar-refractivity contribution in [3.05, 3.63) is 46.7 Å². The van der Waals surface area contributed by atoms with Crippen molar-refractivity contribution in [3.63, 3.8) is 0 Å². The fourth-order valence-corrected chi connectivity index (χ4v) is 2.38. The zero-order chi connectivity index (χ0) is 16.7. The summed E-state index contributed by atoms with van der Waals surface area (Å²) in [4.78, 5) is 35.1. The first kappa shape index (κ1) is 16.7. The molecule has 1 aromatic heterocycles. The lowest BCUT2D eigenvalue weighted by Crippen LogP contribution is -2.30. The summed E-state index contributed by atoms with van der Waals surface area (Å²) in [7, 11) is 0. The number of nitrogens with one attached hydrogen (secondary N) is 3. The van der Waals surface area contributed by atoms with Gasteiger partial charge in [-0.25, -0.2) is 5.84 Å². The van der Waals surface area contributed by atoms with Gasteiger partial charge in [-0.05, 0) is 35.7 Å². The van der Waals surface area contributed by atoms with E-state index in [2.05, 4.69) is 10.6 Å². The summed E-state index contributed by atoms with van der Waals surface area (Å²) in [5.41, 5.74) is 3.17. The van der Waals surface area contributed by atoms with E-state index in [1.54, 1.807) is 30.3 Å². The van der Waals surface area contributed by atoms with Crippen molar-refractivity contribution in [3.8, 4) is 0 Å². The largest absolute Gasteiger partial charge is 0.326 e. The van der Waals surface area contributed by atoms with Crippen LogP contribution in [0, 0.1) is 0 Å². The lowest BCUT2D eigenvalue weighted by molar-refractivity contribution is -0.124. The van der Waals surface area contributed by atoms with E-state index in [1.807, 2.05) is 16.9 Å². The Balaban J connectivity index is 1.85. The summed E-state index contributed by atoms with van der Waals surface area (Å²) in [5.74, 6) is 4.08. The maximum absolute atomic E-state index is 11.9. The number of hydrogen-bond acceptors (Lipinski definition) is 5. The zero-order valence-corrected chi connectivity index (χ0v) is 13.0. The summed E-state index contributed by atoms with van der Waals surface area (Å²) in [6.07, 6.45) is 0.0667. The van der Waals surface area contributed by atoms with Crippen molar-refractivity contribution in [2.45, 2.75) is 12.8 Å². The van der Waals surface area contributed by atoms with E-state index in [1.165, 1.54) is 11.3 Å². The Morgan fingerprint density at radius 3 is 2.09 bits per heavy atom. The van der Waals surface area contributed by atoms with Gasteiger partial charge in [-0.1, -0.05) is 6.07 Å². The third-order valence-corrected chi connectivity index (χ3v) is 3.78. The molecule has 0 saturated heterocycles. The molecule has 0 bridgehead atoms. The van der Waals surface area contributed by atoms with Crippen LogP contribution in [0.4, 0.5) is 11.4 Å². The quantitative estimate of drug-likeness (QED) is 0.366. The molecule has 0 atom stereocenters. The second-order valence-corrected chi connectivity index (χ2v) is 5.57. The van der Waals surface area contributed by atoms with Gasteiger partial charge < -0.3 is 10.6 Å². The van der Waals surface area contributed by atoms with Gasteiger partial charge in [0.1, 0.15) is 0 Å². The number of hydrazine groups is 1. The molecule has 8 heteroatoms. The van der Waals surface area contributed by atoms with Crippen LogP contribution in [0.15, 0.2) is 41.8 Å². The number of nitrogens with two attached hydrogens (primary N) is 1. The van der Waals surface area contributed by atoms with Crippen molar-refractivity contribution in [2.75, 3.05) is 10.6 Å². The summed E-state index contributed by atoms with van der Waals surface area (Å²) in [5, 5.41) is 7.26. The van der Waals surface area contributed by atoms with Crippen molar-refractivity contribution < 1.29 is 14.4 Å². The summed E-state index contributed by atoms with van der Waals surface area (Å²) in [6.45, 7) is 0. The topological polar surface area (TPSA) is 113 Å². The van der Waals surface area contributed by atoms with Crippen molar-refractivity contribution >= 4 is 40.4 Å². The van der Waals surface area contributed by atoms with Crippen LogP contribution in [0.2, 0.25) is 0 Å². The molecule has 0 saturated carbocycles. The molecule has 3 amide bonds. The van der Waals surface area contributed by atoms with Gasteiger partial charge in [-0.2, -0.15) is 0 Å². The average molecular weight is 332 g/mol. The smallest absolute Gasteiger partial charge is 0.265 e. The third-order valence-electron chi connectivity index (χ3n) is 2.91. The van der Waals surface area contributed by atoms with Gasteiger partial charge in [0.2, 0.25) is 11.8 Å². The molecule has 0 aliphatic heterocycles. The van der Waals surface area contributed by atoms with Gasteiger partial charge >= 0.3 is 0 Å². The van der Waals surface area contributed by atoms with E-state index in [4.69, 9.17) is 5.84 Å². The maximum atomic E-state index is 11.9. The van der Waals surface area contributed by atoms with Crippen LogP contribution in [0.5, 0.6) is 0 Å². The number of carbonyl (C=O) groups excluding carboxylic acids is 3. The Morgan fingerprint density at radius 1 is 0.913 bits per heavy atom. The maximum Gasteiger partial charge on any atom is 0.265 e. The van der Waals surface area contributed by atoms with Crippen LogP contribution in [-0.2, 0) is 9.59 Å². The lowest BCUT2D eigenvalue weighted by atomic mass is 10.2. The van der Waals surface area contributed by atoms with Gasteiger partial charge in [-0.15, -0.1) is 11.3 Å². The first-order valence-corrected chi connectivity index (χ1v) is 7.70. The Bertz CT molecular complexity index is 683. The second kappa shape index (κ2) is 8.06. The highest BCUT2D eigenvalue weighted by molar-refractivity contribution is 7.12. The standard InChI is InChI=1S/C15H16N4O3S/c16-19-14(21)8-7-13(20)17-10-3-5-11(6-4-10)18-15(22)12-2-1-9-23-12/h1-6,9H,7-8,16H2,(H,17,20)(H,18,22)(H,19,21). The molecule has 2 rings (SSSR count). The Hall–Kier alpha value is -2.71. The van der Waals surface area contributed by atoms with Gasteiger partial charge in [0.25, 0.3) is 5.91 Å². The van der Waals surface area contributed by atoms with Crippen LogP contribution in [-0.4, -0.2) is 17.7 Å². The molecule has 0 fully saturated rings. The molecule has 120 valence electrons. The van der Waals surface area contributed by atoms with Gasteiger partial charge in [-0.3, -0.25) is 19.8 Å². The third kappa shape index (κ3) is 5.20. The zero-order valence-electron chi connectivity index (χ0n) is 12.2. The molecule has 0 aliphatic rings. The van der Waals surface area contributed by atoms with Gasteiger partial charge in [0.15, 0.2) is 0 Å². The lowest BCUT2D eigenvalue weighted by Gasteiger charge is -2.07. The van der Waals surface area contributed by atoms with E-state index >= 15 is 0 Å². The minimum absolute atomic E-state index is 0.0251. The molecule has 2 aromatic rings. The molecule has 1 heterocycles. The van der Waals surface area contributed by atoms with E-state index in [-0.39, 0.29) is 24.7 Å². The highest BCUT2D eigenvalue weighted by Crippen LogP contribution is 2.16. The number of benzene rings is 1. The average Bonchev–Trinajstić information content (AvgIpc) is 3.09. The van der Waals surface area contributed by atoms with Gasteiger partial charge in [0.05, 0.1) is 4.88 Å². The molecule has 0 spiro atoms. The first-order valence-electron chi connectivity index (χ1n) is 6.82. The fourth-order valence-electron chi connectivity index (χ4n) is 1.76. The van der Waals surface area contributed by atoms with Crippen molar-refractivity contribution in [2.24, 2.45) is 5.84 Å². The number of hydrogen-bond donors (Lipinski definition) is 4. The molecule has 5 N–H and O–H groups in total. The van der Waals surface area contributed by atoms with Crippen LogP contribution in [0.3, 0.4) is 0 Å². The minimum atomic E-state index is -0.396. The second-order valence-electron chi connectivity index (χ2n) is 4.62.